The van der Waals surface area contributed by atoms with Crippen LogP contribution in [0.1, 0.15) is 86.1 Å². The highest BCUT2D eigenvalue weighted by Crippen LogP contribution is 2.47. The number of nitrogens with zero attached hydrogens (tertiary/aromatic N) is 1. The lowest BCUT2D eigenvalue weighted by molar-refractivity contribution is -0.148. The van der Waals surface area contributed by atoms with E-state index in [9.17, 15) is 28.8 Å². The number of hydrogen-bond acceptors (Lipinski definition) is 9. The normalized spacial score (nSPS) is 20.4. The van der Waals surface area contributed by atoms with Crippen molar-refractivity contribution in [2.45, 2.75) is 111 Å². The summed E-state index contributed by atoms with van der Waals surface area (Å²) in [7, 11) is 2.51. The number of methoxy groups -OCH3 is 2. The van der Waals surface area contributed by atoms with Gasteiger partial charge in [-0.3, -0.25) is 19.2 Å². The Balaban J connectivity index is 1.99. The Morgan fingerprint density at radius 1 is 0.940 bits per heavy atom. The minimum Gasteiger partial charge on any atom is -0.467 e. The van der Waals surface area contributed by atoms with Gasteiger partial charge in [0.15, 0.2) is 5.78 Å². The van der Waals surface area contributed by atoms with Crippen LogP contribution in [-0.2, 0) is 44.7 Å². The van der Waals surface area contributed by atoms with Gasteiger partial charge in [0.1, 0.15) is 24.2 Å². The Morgan fingerprint density at radius 2 is 1.58 bits per heavy atom. The molecule has 12 heteroatoms. The van der Waals surface area contributed by atoms with Crippen molar-refractivity contribution in [1.82, 2.24) is 20.9 Å². The molecule has 276 valence electrons. The van der Waals surface area contributed by atoms with Crippen molar-refractivity contribution in [2.75, 3.05) is 20.8 Å². The number of carbonyl (C=O) groups is 6. The number of ketones is 1. The van der Waals surface area contributed by atoms with E-state index in [2.05, 4.69) is 16.0 Å². The number of hydrogen-bond donors (Lipinski definition) is 3. The number of benzene rings is 1. The highest BCUT2D eigenvalue weighted by Gasteiger charge is 2.49. The third-order valence-corrected chi connectivity index (χ3v) is 9.53. The highest BCUT2D eigenvalue weighted by molar-refractivity contribution is 5.99. The van der Waals surface area contributed by atoms with Gasteiger partial charge in [-0.05, 0) is 54.4 Å². The van der Waals surface area contributed by atoms with Gasteiger partial charge in [0.05, 0.1) is 20.8 Å². The summed E-state index contributed by atoms with van der Waals surface area (Å²) < 4.78 is 9.90. The van der Waals surface area contributed by atoms with Crippen LogP contribution in [0.4, 0.5) is 0 Å². The predicted molar refractivity (Wildman–Crippen MR) is 188 cm³/mol. The maximum absolute atomic E-state index is 14.3. The van der Waals surface area contributed by atoms with E-state index in [1.54, 1.807) is 18.7 Å². The average Bonchev–Trinajstić information content (AvgIpc) is 3.06. The lowest BCUT2D eigenvalue weighted by Gasteiger charge is -2.50. The van der Waals surface area contributed by atoms with Gasteiger partial charge in [-0.2, -0.15) is 0 Å². The number of Topliss-reactive ketones (excluding diaryl/α,β-unsaturated/α-hetero) is 1. The van der Waals surface area contributed by atoms with Crippen molar-refractivity contribution in [3.63, 3.8) is 0 Å². The molecule has 0 spiro atoms. The van der Waals surface area contributed by atoms with Crippen molar-refractivity contribution < 1.29 is 38.2 Å². The topological polar surface area (TPSA) is 160 Å². The second-order valence-electron chi connectivity index (χ2n) is 15.0. The smallest absolute Gasteiger partial charge is 0.328 e. The van der Waals surface area contributed by atoms with Crippen molar-refractivity contribution in [3.05, 3.63) is 47.2 Å². The monoisotopic (exact) mass is 696 g/mol. The van der Waals surface area contributed by atoms with Crippen LogP contribution in [0, 0.1) is 23.2 Å². The number of carbonyl (C=O) groups excluding carboxylic acids is 6. The highest BCUT2D eigenvalue weighted by atomic mass is 16.5. The number of esters is 2. The van der Waals surface area contributed by atoms with Gasteiger partial charge in [0.2, 0.25) is 17.7 Å². The van der Waals surface area contributed by atoms with Gasteiger partial charge in [0, 0.05) is 24.1 Å². The van der Waals surface area contributed by atoms with Crippen LogP contribution in [0.5, 0.6) is 0 Å². The summed E-state index contributed by atoms with van der Waals surface area (Å²) in [4.78, 5) is 82.4. The van der Waals surface area contributed by atoms with Gasteiger partial charge in [0.25, 0.3) is 0 Å². The van der Waals surface area contributed by atoms with Gasteiger partial charge in [-0.25, -0.2) is 9.59 Å². The summed E-state index contributed by atoms with van der Waals surface area (Å²) in [5.74, 6) is -3.16. The Hall–Kier alpha value is -4.22. The number of amides is 3. The number of allylic oxidation sites excluding steroid dienone is 2. The zero-order chi connectivity index (χ0) is 37.3. The molecule has 2 aliphatic rings. The predicted octanol–water partition coefficient (Wildman–Crippen LogP) is 3.48. The van der Waals surface area contributed by atoms with Crippen LogP contribution in [0.2, 0.25) is 0 Å². The molecule has 0 aromatic heterocycles. The second kappa shape index (κ2) is 17.6. The van der Waals surface area contributed by atoms with E-state index in [1.807, 2.05) is 65.0 Å². The van der Waals surface area contributed by atoms with E-state index in [0.717, 1.165) is 5.56 Å². The third kappa shape index (κ3) is 10.2. The maximum Gasteiger partial charge on any atom is 0.328 e. The number of ether oxygens (including phenoxy) is 2. The van der Waals surface area contributed by atoms with Gasteiger partial charge in [-0.1, -0.05) is 78.8 Å². The minimum atomic E-state index is -0.964. The third-order valence-electron chi connectivity index (χ3n) is 9.53. The van der Waals surface area contributed by atoms with E-state index in [0.29, 0.717) is 37.0 Å². The van der Waals surface area contributed by atoms with Crippen LogP contribution in [0.25, 0.3) is 0 Å². The molecular weight excluding hydrogens is 640 g/mol. The zero-order valence-corrected chi connectivity index (χ0v) is 31.1. The summed E-state index contributed by atoms with van der Waals surface area (Å²) in [6.07, 6.45) is 2.25. The largest absolute Gasteiger partial charge is 0.467 e. The van der Waals surface area contributed by atoms with E-state index < -0.39 is 65.8 Å². The minimum absolute atomic E-state index is 0.0102. The summed E-state index contributed by atoms with van der Waals surface area (Å²) in [5, 5.41) is 8.32. The molecule has 0 saturated carbocycles. The van der Waals surface area contributed by atoms with E-state index in [4.69, 9.17) is 9.47 Å². The summed E-state index contributed by atoms with van der Waals surface area (Å²) in [6.45, 7) is 13.1. The van der Waals surface area contributed by atoms with Crippen LogP contribution in [-0.4, -0.2) is 85.3 Å². The van der Waals surface area contributed by atoms with E-state index in [-0.39, 0.29) is 36.4 Å². The average molecular weight is 697 g/mol. The molecule has 1 aromatic carbocycles. The van der Waals surface area contributed by atoms with Crippen molar-refractivity contribution >= 4 is 35.4 Å². The molecule has 0 fully saturated rings. The van der Waals surface area contributed by atoms with Crippen LogP contribution >= 0.6 is 0 Å². The fraction of sp³-hybridized carbons (Fsp3) is 0.632. The molecule has 12 nitrogen and oxygen atoms in total. The molecule has 2 unspecified atom stereocenters. The maximum atomic E-state index is 14.3. The Bertz CT molecular complexity index is 1440. The van der Waals surface area contributed by atoms with Crippen LogP contribution in [0.3, 0.4) is 0 Å². The molecule has 0 radical (unpaired) electrons. The fourth-order valence-corrected chi connectivity index (χ4v) is 7.08. The molecule has 5 atom stereocenters. The lowest BCUT2D eigenvalue weighted by Crippen LogP contribution is -2.61. The zero-order valence-electron chi connectivity index (χ0n) is 31.1. The van der Waals surface area contributed by atoms with Gasteiger partial charge < -0.3 is 30.3 Å². The molecular formula is C38H56N4O8. The van der Waals surface area contributed by atoms with E-state index >= 15 is 0 Å². The summed E-state index contributed by atoms with van der Waals surface area (Å²) in [5.41, 5.74) is 1.73. The molecule has 1 heterocycles. The first-order chi connectivity index (χ1) is 23.5. The lowest BCUT2D eigenvalue weighted by atomic mass is 9.68. The standard InChI is InChI=1S/C38H56N4O8/c1-10-25-18-28(34(45)39-21-31(44)40-26(36(47)49-8)17-24-14-12-11-13-15-24)42(29-19-38(6,7)20-30(43)32(25)29)27(16-22(2)3)35(46)41-33(23(4)5)37(48)50-9/h11-15,22-23,25-28,33H,10,16-21H2,1-9H3,(H,39,45)(H,40,44)(H,41,46)/t25-,26+,27?,28-,33?/m1/s1. The Morgan fingerprint density at radius 3 is 2.14 bits per heavy atom. The van der Waals surface area contributed by atoms with Crippen LogP contribution in [0.15, 0.2) is 41.6 Å². The van der Waals surface area contributed by atoms with Gasteiger partial charge >= 0.3 is 11.9 Å². The van der Waals surface area contributed by atoms with E-state index in [1.165, 1.54) is 14.2 Å². The molecule has 1 aromatic rings. The number of rotatable bonds is 15. The first kappa shape index (κ1) is 40.2. The quantitative estimate of drug-likeness (QED) is 0.233. The molecule has 3 rings (SSSR count). The van der Waals surface area contributed by atoms with Gasteiger partial charge in [-0.15, -0.1) is 0 Å². The molecule has 0 bridgehead atoms. The fourth-order valence-electron chi connectivity index (χ4n) is 7.08. The Labute approximate surface area is 296 Å². The second-order valence-corrected chi connectivity index (χ2v) is 15.0. The first-order valence-electron chi connectivity index (χ1n) is 17.6. The molecule has 0 saturated heterocycles. The van der Waals surface area contributed by atoms with Crippen molar-refractivity contribution in [1.29, 1.82) is 0 Å². The first-order valence-corrected chi connectivity index (χ1v) is 17.6. The molecule has 1 aliphatic carbocycles. The molecule has 1 aliphatic heterocycles. The van der Waals surface area contributed by atoms with Crippen molar-refractivity contribution in [3.8, 4) is 0 Å². The summed E-state index contributed by atoms with van der Waals surface area (Å²) >= 11 is 0. The Kier molecular flexibility index (Phi) is 14.2. The van der Waals surface area contributed by atoms with Crippen LogP contribution < -0.4 is 16.0 Å². The summed E-state index contributed by atoms with van der Waals surface area (Å²) in [6, 6.07) is 5.52. The molecule has 50 heavy (non-hydrogen) atoms. The van der Waals surface area contributed by atoms with Crippen molar-refractivity contribution in [2.24, 2.45) is 23.2 Å². The molecule has 3 N–H and O–H groups in total. The SMILES string of the molecule is CC[C@@H]1C[C@H](C(=O)NCC(=O)N[C@@H](Cc2ccccc2)C(=O)OC)N(C(CC(C)C)C(=O)NC(C(=O)OC)C(C)C)C2=C1C(=O)CC(C)(C)C2. The molecule has 3 amide bonds. The number of nitrogens with one attached hydrogen (secondary N) is 3.